The lowest BCUT2D eigenvalue weighted by Gasteiger charge is -2.49. The summed E-state index contributed by atoms with van der Waals surface area (Å²) in [7, 11) is 0. The molecule has 2 atom stereocenters. The van der Waals surface area contributed by atoms with Crippen LogP contribution in [0.4, 0.5) is 5.69 Å². The van der Waals surface area contributed by atoms with E-state index in [-0.39, 0.29) is 36.6 Å². The van der Waals surface area contributed by atoms with Gasteiger partial charge in [-0.2, -0.15) is 0 Å². The Morgan fingerprint density at radius 1 is 1.11 bits per heavy atom. The van der Waals surface area contributed by atoms with Crippen LogP contribution in [0.25, 0.3) is 0 Å². The largest absolute Gasteiger partial charge is 0.346 e. The van der Waals surface area contributed by atoms with Crippen LogP contribution in [0.1, 0.15) is 48.7 Å². The first kappa shape index (κ1) is 18.2. The van der Waals surface area contributed by atoms with Crippen LogP contribution < -0.4 is 10.2 Å². The third-order valence-electron chi connectivity index (χ3n) is 5.70. The molecule has 2 aromatic rings. The highest BCUT2D eigenvalue weighted by Crippen LogP contribution is 2.44. The van der Waals surface area contributed by atoms with E-state index in [1.807, 2.05) is 44.2 Å². The van der Waals surface area contributed by atoms with Crippen molar-refractivity contribution in [2.75, 3.05) is 11.4 Å². The highest BCUT2D eigenvalue weighted by molar-refractivity contribution is 6.16. The number of carbonyl (C=O) groups excluding carboxylic acids is 3. The molecule has 0 spiro atoms. The standard InChI is InChI=1S/C22H23N3O3/c1-3-24-20(27)17-11-7-8-12-18(17)25-19(26)13-14-22(24,25)21(28)23-15(2)16-9-5-4-6-10-16/h4-12,15H,3,13-14H2,1-2H3,(H,23,28)/t15-,22-/m0/s1. The molecule has 2 aliphatic heterocycles. The Morgan fingerprint density at radius 3 is 2.50 bits per heavy atom. The number of para-hydroxylation sites is 1. The van der Waals surface area contributed by atoms with E-state index in [1.54, 1.807) is 24.3 Å². The summed E-state index contributed by atoms with van der Waals surface area (Å²) in [5.41, 5.74) is 0.621. The average Bonchev–Trinajstić information content (AvgIpc) is 3.07. The van der Waals surface area contributed by atoms with E-state index in [0.717, 1.165) is 5.56 Å². The second-order valence-corrected chi connectivity index (χ2v) is 7.22. The fourth-order valence-corrected chi connectivity index (χ4v) is 4.34. The molecule has 0 aliphatic carbocycles. The number of hydrogen-bond donors (Lipinski definition) is 1. The first-order valence-electron chi connectivity index (χ1n) is 9.60. The summed E-state index contributed by atoms with van der Waals surface area (Å²) in [5, 5.41) is 3.04. The molecule has 0 saturated carbocycles. The number of fused-ring (bicyclic) bond motifs is 3. The first-order valence-corrected chi connectivity index (χ1v) is 9.60. The minimum absolute atomic E-state index is 0.138. The smallest absolute Gasteiger partial charge is 0.267 e. The molecule has 2 heterocycles. The molecule has 2 aliphatic rings. The van der Waals surface area contributed by atoms with E-state index in [9.17, 15) is 14.4 Å². The van der Waals surface area contributed by atoms with Gasteiger partial charge in [-0.3, -0.25) is 19.3 Å². The number of hydrogen-bond acceptors (Lipinski definition) is 3. The summed E-state index contributed by atoms with van der Waals surface area (Å²) in [6.07, 6.45) is 0.512. The fraction of sp³-hybridized carbons (Fsp3) is 0.318. The van der Waals surface area contributed by atoms with E-state index >= 15 is 0 Å². The Labute approximate surface area is 164 Å². The van der Waals surface area contributed by atoms with Crippen molar-refractivity contribution < 1.29 is 14.4 Å². The molecule has 4 rings (SSSR count). The zero-order valence-electron chi connectivity index (χ0n) is 16.0. The van der Waals surface area contributed by atoms with Crippen LogP contribution in [0.5, 0.6) is 0 Å². The topological polar surface area (TPSA) is 69.7 Å². The van der Waals surface area contributed by atoms with Crippen LogP contribution >= 0.6 is 0 Å². The fourth-order valence-electron chi connectivity index (χ4n) is 4.34. The zero-order chi connectivity index (χ0) is 19.9. The van der Waals surface area contributed by atoms with Gasteiger partial charge in [0.05, 0.1) is 17.3 Å². The Kier molecular flexibility index (Phi) is 4.41. The number of nitrogens with one attached hydrogen (secondary N) is 1. The molecule has 1 N–H and O–H groups in total. The second kappa shape index (κ2) is 6.78. The van der Waals surface area contributed by atoms with Crippen molar-refractivity contribution in [2.45, 2.75) is 38.4 Å². The van der Waals surface area contributed by atoms with Crippen molar-refractivity contribution in [3.63, 3.8) is 0 Å². The Balaban J connectivity index is 1.77. The summed E-state index contributed by atoms with van der Waals surface area (Å²) < 4.78 is 0. The van der Waals surface area contributed by atoms with Gasteiger partial charge >= 0.3 is 0 Å². The summed E-state index contributed by atoms with van der Waals surface area (Å²) in [6, 6.07) is 16.4. The molecule has 1 fully saturated rings. The first-order chi connectivity index (χ1) is 13.5. The molecular formula is C22H23N3O3. The van der Waals surface area contributed by atoms with Gasteiger partial charge in [0.2, 0.25) is 11.6 Å². The highest BCUT2D eigenvalue weighted by atomic mass is 16.2. The monoisotopic (exact) mass is 377 g/mol. The maximum Gasteiger partial charge on any atom is 0.267 e. The summed E-state index contributed by atoms with van der Waals surface area (Å²) in [4.78, 5) is 42.6. The second-order valence-electron chi connectivity index (χ2n) is 7.22. The average molecular weight is 377 g/mol. The number of anilines is 1. The molecule has 6 heteroatoms. The summed E-state index contributed by atoms with van der Waals surface area (Å²) in [6.45, 7) is 4.08. The highest BCUT2D eigenvalue weighted by Gasteiger charge is 2.60. The number of benzene rings is 2. The third-order valence-corrected chi connectivity index (χ3v) is 5.70. The van der Waals surface area contributed by atoms with Crippen molar-refractivity contribution in [2.24, 2.45) is 0 Å². The lowest BCUT2D eigenvalue weighted by molar-refractivity contribution is -0.134. The SMILES string of the molecule is CCN1C(=O)c2ccccc2N2C(=O)CC[C@]12C(=O)N[C@@H](C)c1ccccc1. The predicted molar refractivity (Wildman–Crippen MR) is 106 cm³/mol. The van der Waals surface area contributed by atoms with Crippen LogP contribution in [0, 0.1) is 0 Å². The van der Waals surface area contributed by atoms with Gasteiger partial charge in [-0.15, -0.1) is 0 Å². The Bertz CT molecular complexity index is 943. The molecular weight excluding hydrogens is 354 g/mol. The number of carbonyl (C=O) groups is 3. The summed E-state index contributed by atoms with van der Waals surface area (Å²) >= 11 is 0. The van der Waals surface area contributed by atoms with Crippen LogP contribution in [-0.4, -0.2) is 34.8 Å². The molecule has 0 unspecified atom stereocenters. The van der Waals surface area contributed by atoms with Gasteiger partial charge in [0, 0.05) is 19.4 Å². The van der Waals surface area contributed by atoms with Crippen LogP contribution in [0.2, 0.25) is 0 Å². The van der Waals surface area contributed by atoms with E-state index in [4.69, 9.17) is 0 Å². The van der Waals surface area contributed by atoms with Gasteiger partial charge in [-0.25, -0.2) is 0 Å². The lowest BCUT2D eigenvalue weighted by atomic mass is 9.95. The molecule has 3 amide bonds. The van der Waals surface area contributed by atoms with Gasteiger partial charge in [0.15, 0.2) is 0 Å². The van der Waals surface area contributed by atoms with E-state index in [2.05, 4.69) is 5.32 Å². The van der Waals surface area contributed by atoms with Gasteiger partial charge in [0.1, 0.15) is 0 Å². The van der Waals surface area contributed by atoms with Crippen molar-refractivity contribution in [3.05, 3.63) is 65.7 Å². The van der Waals surface area contributed by atoms with Gasteiger partial charge in [-0.1, -0.05) is 42.5 Å². The van der Waals surface area contributed by atoms with Crippen LogP contribution in [0.15, 0.2) is 54.6 Å². The van der Waals surface area contributed by atoms with Crippen LogP contribution in [-0.2, 0) is 9.59 Å². The zero-order valence-corrected chi connectivity index (χ0v) is 16.0. The number of likely N-dealkylation sites (N-methyl/N-ethyl adjacent to an activating group) is 1. The van der Waals surface area contributed by atoms with Gasteiger partial charge < -0.3 is 10.2 Å². The molecule has 2 aromatic carbocycles. The molecule has 0 radical (unpaired) electrons. The Hall–Kier alpha value is -3.15. The number of nitrogens with zero attached hydrogens (tertiary/aromatic N) is 2. The minimum atomic E-state index is -1.32. The third kappa shape index (κ3) is 2.52. The molecule has 6 nitrogen and oxygen atoms in total. The number of rotatable bonds is 4. The molecule has 0 bridgehead atoms. The maximum absolute atomic E-state index is 13.6. The van der Waals surface area contributed by atoms with Crippen LogP contribution in [0.3, 0.4) is 0 Å². The molecule has 1 saturated heterocycles. The Morgan fingerprint density at radius 2 is 1.79 bits per heavy atom. The van der Waals surface area contributed by atoms with Crippen molar-refractivity contribution in [3.8, 4) is 0 Å². The van der Waals surface area contributed by atoms with Crippen molar-refractivity contribution in [1.29, 1.82) is 0 Å². The maximum atomic E-state index is 13.6. The van der Waals surface area contributed by atoms with Gasteiger partial charge in [-0.05, 0) is 31.5 Å². The van der Waals surface area contributed by atoms with Crippen molar-refractivity contribution >= 4 is 23.4 Å². The molecule has 28 heavy (non-hydrogen) atoms. The van der Waals surface area contributed by atoms with E-state index in [0.29, 0.717) is 17.8 Å². The van der Waals surface area contributed by atoms with Gasteiger partial charge in [0.25, 0.3) is 11.8 Å². The lowest BCUT2D eigenvalue weighted by Crippen LogP contribution is -2.70. The van der Waals surface area contributed by atoms with Crippen molar-refractivity contribution in [1.82, 2.24) is 10.2 Å². The number of amides is 3. The van der Waals surface area contributed by atoms with E-state index < -0.39 is 5.66 Å². The quantitative estimate of drug-likeness (QED) is 0.891. The molecule has 144 valence electrons. The normalized spacial score (nSPS) is 21.9. The summed E-state index contributed by atoms with van der Waals surface area (Å²) in [5.74, 6) is -0.674. The van der Waals surface area contributed by atoms with E-state index in [1.165, 1.54) is 9.80 Å². The molecule has 0 aromatic heterocycles. The predicted octanol–water partition coefficient (Wildman–Crippen LogP) is 2.86. The minimum Gasteiger partial charge on any atom is -0.346 e.